The minimum Gasteiger partial charge on any atom is -0.326 e. The van der Waals surface area contributed by atoms with Crippen molar-refractivity contribution in [3.63, 3.8) is 0 Å². The van der Waals surface area contributed by atoms with Crippen molar-refractivity contribution < 1.29 is 4.79 Å². The topological polar surface area (TPSA) is 85.6 Å². The fourth-order valence-electron chi connectivity index (χ4n) is 3.08. The second-order valence-electron chi connectivity index (χ2n) is 7.28. The number of rotatable bonds is 7. The number of amides is 1. The van der Waals surface area contributed by atoms with Crippen LogP contribution in [0.15, 0.2) is 53.0 Å². The first-order valence-electron chi connectivity index (χ1n) is 9.76. The van der Waals surface area contributed by atoms with Crippen molar-refractivity contribution >= 4 is 34.7 Å². The van der Waals surface area contributed by atoms with Crippen molar-refractivity contribution in [1.29, 1.82) is 0 Å². The van der Waals surface area contributed by atoms with Crippen molar-refractivity contribution in [2.24, 2.45) is 0 Å². The SMILES string of the molecule is Cc1ccc(NC(=O)Cc2nc(CSc3nnnn3-c3ccc(C)cc3C)cs2)cc1. The summed E-state index contributed by atoms with van der Waals surface area (Å²) in [6.07, 6.45) is 0.253. The number of carbonyl (C=O) groups is 1. The standard InChI is InChI=1S/C22H22N6OS2/c1-14-4-7-17(8-5-14)23-20(29)11-21-24-18(12-30-21)13-31-22-25-26-27-28(22)19-9-6-15(2)10-16(19)3/h4-10,12H,11,13H2,1-3H3,(H,23,29). The van der Waals surface area contributed by atoms with Crippen LogP contribution in [0.5, 0.6) is 0 Å². The predicted molar refractivity (Wildman–Crippen MR) is 124 cm³/mol. The smallest absolute Gasteiger partial charge is 0.231 e. The monoisotopic (exact) mass is 450 g/mol. The Kier molecular flexibility index (Phi) is 6.43. The lowest BCUT2D eigenvalue weighted by Crippen LogP contribution is -2.14. The lowest BCUT2D eigenvalue weighted by molar-refractivity contribution is -0.115. The summed E-state index contributed by atoms with van der Waals surface area (Å²) >= 11 is 3.01. The fraction of sp³-hybridized carbons (Fsp3) is 0.227. The summed E-state index contributed by atoms with van der Waals surface area (Å²) in [6, 6.07) is 13.9. The molecule has 0 atom stereocenters. The number of thiazole rings is 1. The maximum absolute atomic E-state index is 12.3. The van der Waals surface area contributed by atoms with Gasteiger partial charge in [-0.2, -0.15) is 4.68 Å². The summed E-state index contributed by atoms with van der Waals surface area (Å²) in [6.45, 7) is 6.13. The van der Waals surface area contributed by atoms with E-state index in [1.807, 2.05) is 55.6 Å². The van der Waals surface area contributed by atoms with Gasteiger partial charge in [-0.05, 0) is 55.0 Å². The molecule has 7 nitrogen and oxygen atoms in total. The Bertz CT molecular complexity index is 1200. The van der Waals surface area contributed by atoms with Crippen LogP contribution in [0.4, 0.5) is 5.69 Å². The second kappa shape index (κ2) is 9.40. The summed E-state index contributed by atoms with van der Waals surface area (Å²) in [5.41, 5.74) is 6.13. The number of carbonyl (C=O) groups excluding carboxylic acids is 1. The molecule has 0 spiro atoms. The second-order valence-corrected chi connectivity index (χ2v) is 9.16. The van der Waals surface area contributed by atoms with Gasteiger partial charge in [0.1, 0.15) is 5.01 Å². The first kappa shape index (κ1) is 21.2. The van der Waals surface area contributed by atoms with Crippen molar-refractivity contribution in [2.75, 3.05) is 5.32 Å². The molecule has 0 fully saturated rings. The van der Waals surface area contributed by atoms with Gasteiger partial charge in [0.05, 0.1) is 17.8 Å². The molecular weight excluding hydrogens is 428 g/mol. The zero-order chi connectivity index (χ0) is 21.8. The van der Waals surface area contributed by atoms with Crippen LogP contribution in [-0.4, -0.2) is 31.1 Å². The van der Waals surface area contributed by atoms with Gasteiger partial charge in [0.15, 0.2) is 0 Å². The Morgan fingerprint density at radius 2 is 1.87 bits per heavy atom. The van der Waals surface area contributed by atoms with E-state index < -0.39 is 0 Å². The highest BCUT2D eigenvalue weighted by molar-refractivity contribution is 7.98. The van der Waals surface area contributed by atoms with E-state index in [1.54, 1.807) is 4.68 Å². The Labute approximate surface area is 188 Å². The van der Waals surface area contributed by atoms with Crippen LogP contribution in [0.2, 0.25) is 0 Å². The van der Waals surface area contributed by atoms with E-state index in [0.29, 0.717) is 10.9 Å². The molecule has 158 valence electrons. The molecule has 0 unspecified atom stereocenters. The Morgan fingerprint density at radius 1 is 1.10 bits per heavy atom. The third-order valence-electron chi connectivity index (χ3n) is 4.62. The Balaban J connectivity index is 1.36. The number of tetrazole rings is 1. The summed E-state index contributed by atoms with van der Waals surface area (Å²) < 4.78 is 1.75. The maximum Gasteiger partial charge on any atom is 0.231 e. The lowest BCUT2D eigenvalue weighted by Gasteiger charge is -2.07. The van der Waals surface area contributed by atoms with E-state index in [2.05, 4.69) is 38.8 Å². The number of aromatic nitrogens is 5. The highest BCUT2D eigenvalue weighted by atomic mass is 32.2. The average Bonchev–Trinajstić information content (AvgIpc) is 3.37. The van der Waals surface area contributed by atoms with Crippen LogP contribution in [0.1, 0.15) is 27.4 Å². The van der Waals surface area contributed by atoms with Crippen LogP contribution >= 0.6 is 23.1 Å². The van der Waals surface area contributed by atoms with Gasteiger partial charge in [-0.1, -0.05) is 47.2 Å². The minimum atomic E-state index is -0.0730. The van der Waals surface area contributed by atoms with Crippen LogP contribution < -0.4 is 5.32 Å². The number of hydrogen-bond acceptors (Lipinski definition) is 7. The van der Waals surface area contributed by atoms with E-state index in [1.165, 1.54) is 28.7 Å². The van der Waals surface area contributed by atoms with Crippen LogP contribution in [0, 0.1) is 20.8 Å². The molecule has 0 aliphatic heterocycles. The molecule has 9 heteroatoms. The largest absolute Gasteiger partial charge is 0.326 e. The molecule has 2 aromatic carbocycles. The molecule has 0 saturated carbocycles. The average molecular weight is 451 g/mol. The molecular formula is C22H22N6OS2. The molecule has 0 saturated heterocycles. The summed E-state index contributed by atoms with van der Waals surface area (Å²) in [5.74, 6) is 0.553. The zero-order valence-electron chi connectivity index (χ0n) is 17.5. The van der Waals surface area contributed by atoms with Gasteiger partial charge >= 0.3 is 0 Å². The van der Waals surface area contributed by atoms with Gasteiger partial charge in [-0.25, -0.2) is 4.98 Å². The highest BCUT2D eigenvalue weighted by Gasteiger charge is 2.13. The number of benzene rings is 2. The van der Waals surface area contributed by atoms with Crippen molar-refractivity contribution in [3.8, 4) is 5.69 Å². The maximum atomic E-state index is 12.3. The van der Waals surface area contributed by atoms with Gasteiger partial charge in [-0.3, -0.25) is 4.79 Å². The quantitative estimate of drug-likeness (QED) is 0.417. The molecule has 0 aliphatic rings. The molecule has 4 rings (SSSR count). The first-order chi connectivity index (χ1) is 15.0. The van der Waals surface area contributed by atoms with Crippen molar-refractivity contribution in [1.82, 2.24) is 25.2 Å². The van der Waals surface area contributed by atoms with Crippen molar-refractivity contribution in [3.05, 3.63) is 75.2 Å². The Hall–Kier alpha value is -3.04. The van der Waals surface area contributed by atoms with Gasteiger partial charge in [-0.15, -0.1) is 16.4 Å². The number of aryl methyl sites for hydroxylation is 3. The highest BCUT2D eigenvalue weighted by Crippen LogP contribution is 2.25. The van der Waals surface area contributed by atoms with Gasteiger partial charge in [0.25, 0.3) is 0 Å². The number of thioether (sulfide) groups is 1. The number of anilines is 1. The predicted octanol–water partition coefficient (Wildman–Crippen LogP) is 4.52. The van der Waals surface area contributed by atoms with Gasteiger partial charge < -0.3 is 5.32 Å². The molecule has 31 heavy (non-hydrogen) atoms. The van der Waals surface area contributed by atoms with E-state index in [0.717, 1.165) is 33.2 Å². The molecule has 0 bridgehead atoms. The van der Waals surface area contributed by atoms with E-state index >= 15 is 0 Å². The number of hydrogen-bond donors (Lipinski definition) is 1. The first-order valence-corrected chi connectivity index (χ1v) is 11.6. The molecule has 0 aliphatic carbocycles. The lowest BCUT2D eigenvalue weighted by atomic mass is 10.1. The number of nitrogens with one attached hydrogen (secondary N) is 1. The van der Waals surface area contributed by atoms with Crippen LogP contribution in [0.25, 0.3) is 5.69 Å². The van der Waals surface area contributed by atoms with Crippen molar-refractivity contribution in [2.45, 2.75) is 38.1 Å². The van der Waals surface area contributed by atoms with Crippen LogP contribution in [-0.2, 0) is 17.0 Å². The molecule has 1 amide bonds. The van der Waals surface area contributed by atoms with Gasteiger partial charge in [0.2, 0.25) is 11.1 Å². The zero-order valence-corrected chi connectivity index (χ0v) is 19.1. The summed E-state index contributed by atoms with van der Waals surface area (Å²) in [5, 5.41) is 18.5. The minimum absolute atomic E-state index is 0.0730. The molecule has 1 N–H and O–H groups in total. The fourth-order valence-corrected chi connectivity index (χ4v) is 4.75. The van der Waals surface area contributed by atoms with Crippen LogP contribution in [0.3, 0.4) is 0 Å². The molecule has 2 heterocycles. The summed E-state index contributed by atoms with van der Waals surface area (Å²) in [7, 11) is 0. The normalized spacial score (nSPS) is 10.9. The van der Waals surface area contributed by atoms with E-state index in [9.17, 15) is 4.79 Å². The van der Waals surface area contributed by atoms with E-state index in [4.69, 9.17) is 0 Å². The van der Waals surface area contributed by atoms with Gasteiger partial charge in [0, 0.05) is 16.8 Å². The molecule has 2 aromatic heterocycles. The number of nitrogens with zero attached hydrogens (tertiary/aromatic N) is 5. The van der Waals surface area contributed by atoms with E-state index in [-0.39, 0.29) is 12.3 Å². The third-order valence-corrected chi connectivity index (χ3v) is 6.47. The third kappa shape index (κ3) is 5.36. The molecule has 0 radical (unpaired) electrons. The Morgan fingerprint density at radius 3 is 2.65 bits per heavy atom. The molecule has 4 aromatic rings. The summed E-state index contributed by atoms with van der Waals surface area (Å²) in [4.78, 5) is 16.9.